The number of benzene rings is 8. The van der Waals surface area contributed by atoms with Gasteiger partial charge in [0.05, 0.1) is 39.0 Å². The molecule has 0 spiro atoms. The smallest absolute Gasteiger partial charge is 0.308 e. The highest BCUT2D eigenvalue weighted by molar-refractivity contribution is 6.12. The molecule has 0 radical (unpaired) electrons. The summed E-state index contributed by atoms with van der Waals surface area (Å²) in [6, 6.07) is 56.1. The molecule has 0 saturated carbocycles. The van der Waals surface area contributed by atoms with Crippen LogP contribution in [-0.2, 0) is 6.18 Å². The van der Waals surface area contributed by atoms with E-state index < -0.39 is 11.7 Å². The molecule has 8 aromatic carbocycles. The second-order valence-electron chi connectivity index (χ2n) is 15.4. The summed E-state index contributed by atoms with van der Waals surface area (Å²) in [4.78, 5) is 0. The molecular formula is C53H36F3N3. The molecule has 59 heavy (non-hydrogen) atoms. The predicted octanol–water partition coefficient (Wildman–Crippen LogP) is 14.7. The largest absolute Gasteiger partial charge is 0.416 e. The van der Waals surface area contributed by atoms with Gasteiger partial charge in [-0.1, -0.05) is 115 Å². The molecule has 0 fully saturated rings. The molecule has 0 N–H and O–H groups in total. The Morgan fingerprint density at radius 3 is 1.36 bits per heavy atom. The minimum absolute atomic E-state index is 0.394. The molecule has 0 bridgehead atoms. The van der Waals surface area contributed by atoms with Gasteiger partial charge in [-0.3, -0.25) is 0 Å². The fraction of sp³-hybridized carbons (Fsp3) is 0.0755. The van der Waals surface area contributed by atoms with E-state index >= 15 is 0 Å². The van der Waals surface area contributed by atoms with E-state index in [1.807, 2.05) is 72.8 Å². The summed E-state index contributed by atoms with van der Waals surface area (Å²) in [6.45, 7) is 5.86. The number of hydrogen-bond donors (Lipinski definition) is 0. The van der Waals surface area contributed by atoms with Crippen LogP contribution in [0.3, 0.4) is 0 Å². The van der Waals surface area contributed by atoms with Crippen LogP contribution < -0.4 is 0 Å². The van der Waals surface area contributed by atoms with Gasteiger partial charge in [0.2, 0.25) is 0 Å². The Labute approximate surface area is 339 Å². The van der Waals surface area contributed by atoms with Crippen molar-refractivity contribution in [3.05, 3.63) is 192 Å². The molecule has 0 aliphatic rings. The number of aromatic nitrogens is 2. The standard InChI is InChI=1S/C53H36F3N3/c1-32-24-37(26-39(25-32)53(54,55)56)38-29-51(58-47-18-10-8-16-42(47)44-22-20-35(27-49(44)58)40-14-6-4-12-33(40)2)46(31-57)52(30-38)59-48-19-11-9-17-43(48)45-23-21-36(28-50(45)59)41-15-7-5-13-34(41)3/h4-30H,1-3H3. The summed E-state index contributed by atoms with van der Waals surface area (Å²) in [5, 5.41) is 15.5. The van der Waals surface area contributed by atoms with Gasteiger partial charge in [-0.2, -0.15) is 18.4 Å². The maximum absolute atomic E-state index is 14.4. The third kappa shape index (κ3) is 5.89. The quantitative estimate of drug-likeness (QED) is 0.172. The van der Waals surface area contributed by atoms with Crippen LogP contribution in [0, 0.1) is 32.1 Å². The normalized spacial score (nSPS) is 11.9. The van der Waals surface area contributed by atoms with E-state index in [0.29, 0.717) is 33.6 Å². The van der Waals surface area contributed by atoms with Crippen LogP contribution in [0.5, 0.6) is 0 Å². The first-order valence-corrected chi connectivity index (χ1v) is 19.6. The molecule has 10 aromatic rings. The van der Waals surface area contributed by atoms with Crippen molar-refractivity contribution < 1.29 is 13.2 Å². The van der Waals surface area contributed by atoms with E-state index in [2.05, 4.69) is 102 Å². The van der Waals surface area contributed by atoms with E-state index in [0.717, 1.165) is 77.0 Å². The second-order valence-corrected chi connectivity index (χ2v) is 15.4. The maximum atomic E-state index is 14.4. The maximum Gasteiger partial charge on any atom is 0.416 e. The van der Waals surface area contributed by atoms with Crippen molar-refractivity contribution in [3.8, 4) is 50.8 Å². The summed E-state index contributed by atoms with van der Waals surface area (Å²) in [5.74, 6) is 0. The van der Waals surface area contributed by atoms with E-state index in [9.17, 15) is 18.4 Å². The fourth-order valence-corrected chi connectivity index (χ4v) is 8.95. The minimum Gasteiger partial charge on any atom is -0.308 e. The van der Waals surface area contributed by atoms with Gasteiger partial charge in [0.15, 0.2) is 0 Å². The Balaban J connectivity index is 1.36. The first kappa shape index (κ1) is 36.0. The van der Waals surface area contributed by atoms with Crippen molar-refractivity contribution in [1.29, 1.82) is 5.26 Å². The average Bonchev–Trinajstić information content (AvgIpc) is 3.75. The van der Waals surface area contributed by atoms with Gasteiger partial charge in [0, 0.05) is 21.5 Å². The molecular weight excluding hydrogens is 736 g/mol. The van der Waals surface area contributed by atoms with Crippen LogP contribution in [0.4, 0.5) is 13.2 Å². The number of alkyl halides is 3. The van der Waals surface area contributed by atoms with E-state index in [-0.39, 0.29) is 0 Å². The zero-order valence-corrected chi connectivity index (χ0v) is 32.6. The molecule has 0 atom stereocenters. The molecule has 0 unspecified atom stereocenters. The number of para-hydroxylation sites is 2. The SMILES string of the molecule is Cc1cc(-c2cc(-n3c4ccccc4c4ccc(-c5ccccc5C)cc43)c(C#N)c(-n3c4ccccc4c4ccc(-c5ccccc5C)cc43)c2)cc(C(F)(F)F)c1. The number of halogens is 3. The summed E-state index contributed by atoms with van der Waals surface area (Å²) in [6.07, 6.45) is -4.55. The number of aryl methyl sites for hydroxylation is 3. The molecule has 0 aliphatic carbocycles. The van der Waals surface area contributed by atoms with E-state index in [1.165, 1.54) is 12.1 Å². The lowest BCUT2D eigenvalue weighted by atomic mass is 9.96. The van der Waals surface area contributed by atoms with Crippen molar-refractivity contribution >= 4 is 43.6 Å². The molecule has 0 aliphatic heterocycles. The monoisotopic (exact) mass is 771 g/mol. The molecule has 0 amide bonds. The van der Waals surface area contributed by atoms with Gasteiger partial charge >= 0.3 is 6.18 Å². The molecule has 0 saturated heterocycles. The number of nitriles is 1. The lowest BCUT2D eigenvalue weighted by Crippen LogP contribution is -2.07. The first-order valence-electron chi connectivity index (χ1n) is 19.6. The van der Waals surface area contributed by atoms with Gasteiger partial charge in [-0.15, -0.1) is 0 Å². The molecule has 2 heterocycles. The van der Waals surface area contributed by atoms with Crippen molar-refractivity contribution in [3.63, 3.8) is 0 Å². The zero-order valence-electron chi connectivity index (χ0n) is 32.6. The second kappa shape index (κ2) is 13.6. The van der Waals surface area contributed by atoms with Crippen LogP contribution >= 0.6 is 0 Å². The summed E-state index contributed by atoms with van der Waals surface area (Å²) >= 11 is 0. The highest BCUT2D eigenvalue weighted by Crippen LogP contribution is 2.43. The van der Waals surface area contributed by atoms with Crippen molar-refractivity contribution in [2.45, 2.75) is 26.9 Å². The van der Waals surface area contributed by atoms with Gasteiger partial charge in [-0.25, -0.2) is 0 Å². The van der Waals surface area contributed by atoms with Crippen molar-refractivity contribution in [1.82, 2.24) is 9.13 Å². The molecule has 284 valence electrons. The summed E-state index contributed by atoms with van der Waals surface area (Å²) in [5.41, 5.74) is 12.3. The third-order valence-corrected chi connectivity index (χ3v) is 11.7. The summed E-state index contributed by atoms with van der Waals surface area (Å²) in [7, 11) is 0. The van der Waals surface area contributed by atoms with Gasteiger partial charge < -0.3 is 9.13 Å². The Morgan fingerprint density at radius 1 is 0.441 bits per heavy atom. The van der Waals surface area contributed by atoms with Crippen LogP contribution in [-0.4, -0.2) is 9.13 Å². The number of rotatable bonds is 5. The Bertz CT molecular complexity index is 3190. The highest BCUT2D eigenvalue weighted by atomic mass is 19.4. The predicted molar refractivity (Wildman–Crippen MR) is 235 cm³/mol. The molecule has 10 rings (SSSR count). The zero-order chi connectivity index (χ0) is 40.6. The lowest BCUT2D eigenvalue weighted by Gasteiger charge is -2.19. The van der Waals surface area contributed by atoms with Gasteiger partial charge in [0.25, 0.3) is 0 Å². The van der Waals surface area contributed by atoms with Crippen LogP contribution in [0.1, 0.15) is 27.8 Å². The molecule has 6 heteroatoms. The third-order valence-electron chi connectivity index (χ3n) is 11.7. The lowest BCUT2D eigenvalue weighted by molar-refractivity contribution is -0.137. The first-order chi connectivity index (χ1) is 28.6. The van der Waals surface area contributed by atoms with Crippen LogP contribution in [0.25, 0.3) is 88.4 Å². The van der Waals surface area contributed by atoms with Gasteiger partial charge in [0.1, 0.15) is 11.6 Å². The van der Waals surface area contributed by atoms with Crippen LogP contribution in [0.15, 0.2) is 164 Å². The van der Waals surface area contributed by atoms with E-state index in [4.69, 9.17) is 0 Å². The van der Waals surface area contributed by atoms with Crippen molar-refractivity contribution in [2.24, 2.45) is 0 Å². The average molecular weight is 772 g/mol. The Morgan fingerprint density at radius 2 is 0.881 bits per heavy atom. The molecule has 3 nitrogen and oxygen atoms in total. The van der Waals surface area contributed by atoms with E-state index in [1.54, 1.807) is 13.0 Å². The summed E-state index contributed by atoms with van der Waals surface area (Å²) < 4.78 is 47.6. The Kier molecular flexibility index (Phi) is 8.33. The topological polar surface area (TPSA) is 33.6 Å². The Hall–Kier alpha value is -7.36. The minimum atomic E-state index is -4.55. The van der Waals surface area contributed by atoms with Gasteiger partial charge in [-0.05, 0) is 119 Å². The highest BCUT2D eigenvalue weighted by Gasteiger charge is 2.31. The molecule has 2 aromatic heterocycles. The number of hydrogen-bond acceptors (Lipinski definition) is 1. The number of nitrogens with zero attached hydrogens (tertiary/aromatic N) is 3. The fourth-order valence-electron chi connectivity index (χ4n) is 8.95. The van der Waals surface area contributed by atoms with Crippen LogP contribution in [0.2, 0.25) is 0 Å². The number of fused-ring (bicyclic) bond motifs is 6. The van der Waals surface area contributed by atoms with Crippen molar-refractivity contribution in [2.75, 3.05) is 0 Å².